The molecule has 42 heavy (non-hydrogen) atoms. The van der Waals surface area contributed by atoms with Crippen molar-refractivity contribution in [3.8, 4) is 45.6 Å². The monoisotopic (exact) mass is 653 g/mol. The van der Waals surface area contributed by atoms with E-state index < -0.39 is 0 Å². The summed E-state index contributed by atoms with van der Waals surface area (Å²) in [5, 5.41) is 3.54. The third-order valence-corrected chi connectivity index (χ3v) is 7.88. The van der Waals surface area contributed by atoms with E-state index in [1.807, 2.05) is 91.0 Å². The zero-order chi connectivity index (χ0) is 27.1. The maximum Gasteiger partial charge on any atom is 2.00 e. The Labute approximate surface area is 257 Å². The second-order valence-corrected chi connectivity index (χ2v) is 10.7. The predicted molar refractivity (Wildman–Crippen MR) is 162 cm³/mol. The van der Waals surface area contributed by atoms with Gasteiger partial charge in [0.15, 0.2) is 0 Å². The maximum atomic E-state index is 4.97. The summed E-state index contributed by atoms with van der Waals surface area (Å²) in [7, 11) is 0. The molecule has 8 nitrogen and oxygen atoms in total. The van der Waals surface area contributed by atoms with Crippen LogP contribution >= 0.6 is 15.9 Å². The zero-order valence-electron chi connectivity index (χ0n) is 21.4. The molecule has 10 heteroatoms. The van der Waals surface area contributed by atoms with Crippen LogP contribution < -0.4 is 9.97 Å². The molecule has 3 aromatic heterocycles. The fourth-order valence-electron chi connectivity index (χ4n) is 5.48. The molecule has 201 valence electrons. The first-order chi connectivity index (χ1) is 20.2. The van der Waals surface area contributed by atoms with Gasteiger partial charge in [-0.25, -0.2) is 9.97 Å². The molecule has 0 spiro atoms. The third-order valence-electron chi connectivity index (χ3n) is 7.38. The topological polar surface area (TPSA) is 106 Å². The van der Waals surface area contributed by atoms with Crippen LogP contribution in [0, 0.1) is 0 Å². The fraction of sp³-hybridized carbons (Fsp3) is 0. The minimum atomic E-state index is 0. The molecule has 0 saturated carbocycles. The summed E-state index contributed by atoms with van der Waals surface area (Å²) in [4.78, 5) is 39.4. The van der Waals surface area contributed by atoms with E-state index in [2.05, 4.69) is 15.9 Å². The molecule has 0 fully saturated rings. The number of hydrogen-bond acceptors (Lipinski definition) is 6. The first-order valence-electron chi connectivity index (χ1n) is 13.0. The second kappa shape index (κ2) is 9.39. The van der Waals surface area contributed by atoms with Crippen LogP contribution in [0.5, 0.6) is 0 Å². The van der Waals surface area contributed by atoms with Crippen molar-refractivity contribution in [3.05, 3.63) is 95.5 Å². The van der Waals surface area contributed by atoms with E-state index in [1.54, 1.807) is 0 Å². The number of rotatable bonds is 0. The van der Waals surface area contributed by atoms with Gasteiger partial charge in [0.1, 0.15) is 0 Å². The van der Waals surface area contributed by atoms with E-state index in [0.29, 0.717) is 45.9 Å². The van der Waals surface area contributed by atoms with Gasteiger partial charge in [-0.2, -0.15) is 0 Å². The molecule has 0 atom stereocenters. The Morgan fingerprint density at radius 2 is 0.762 bits per heavy atom. The van der Waals surface area contributed by atoms with Crippen LogP contribution in [0.4, 0.5) is 0 Å². The molecule has 0 N–H and O–H groups in total. The van der Waals surface area contributed by atoms with Crippen molar-refractivity contribution in [1.29, 1.82) is 0 Å². The molecule has 0 aliphatic carbocycles. The smallest absolute Gasteiger partial charge is 0.357 e. The summed E-state index contributed by atoms with van der Waals surface area (Å²) in [5.74, 6) is 2.16. The van der Waals surface area contributed by atoms with Gasteiger partial charge < -0.3 is 29.9 Å². The van der Waals surface area contributed by atoms with Gasteiger partial charge in [0.05, 0.1) is 23.3 Å². The Morgan fingerprint density at radius 3 is 1.19 bits per heavy atom. The van der Waals surface area contributed by atoms with Crippen LogP contribution in [0.1, 0.15) is 0 Å². The Morgan fingerprint density at radius 1 is 0.405 bits per heavy atom. The van der Waals surface area contributed by atoms with E-state index in [1.165, 1.54) is 0 Å². The summed E-state index contributed by atoms with van der Waals surface area (Å²) in [5.41, 5.74) is 5.68. The molecular formula is C32H15BrCuN8. The van der Waals surface area contributed by atoms with E-state index in [4.69, 9.17) is 39.9 Å². The average Bonchev–Trinajstić information content (AvgIpc) is 3.72. The number of nitrogens with zero attached hydrogens (tertiary/aromatic N) is 8. The van der Waals surface area contributed by atoms with E-state index in [-0.39, 0.29) is 17.1 Å². The summed E-state index contributed by atoms with van der Waals surface area (Å²) >= 11 is 3.61. The Kier molecular flexibility index (Phi) is 5.59. The number of hydrogen-bond donors (Lipinski definition) is 0. The summed E-state index contributed by atoms with van der Waals surface area (Å²) in [6, 6.07) is 29.8. The molecule has 1 radical (unpaired) electrons. The van der Waals surface area contributed by atoms with Crippen molar-refractivity contribution in [2.24, 2.45) is 0 Å². The molecular weight excluding hydrogens is 640 g/mol. The maximum absolute atomic E-state index is 4.97. The Balaban J connectivity index is 0.00000267. The Bertz CT molecular complexity index is 2410. The molecule has 5 heterocycles. The standard InChI is InChI=1S/C32H15BrN8.Cu/c33-16-13-14-23-24(15-16)32-40-30-22-12-6-5-11-21(22)28(38-30)36-26-18-8-2-1-7-17(18)25(34-26)35-27-19-9-3-4-10-20(19)29(37-27)39-31(23)41-32;/h1-15H;/q-2;+2. The molecule has 2 aliphatic heterocycles. The van der Waals surface area contributed by atoms with Gasteiger partial charge in [0.2, 0.25) is 0 Å². The van der Waals surface area contributed by atoms with Gasteiger partial charge in [-0.05, 0) is 33.7 Å². The fourth-order valence-corrected chi connectivity index (χ4v) is 5.84. The van der Waals surface area contributed by atoms with Gasteiger partial charge in [0, 0.05) is 49.3 Å². The summed E-state index contributed by atoms with van der Waals surface area (Å²) in [6.45, 7) is 0. The van der Waals surface area contributed by atoms with Crippen LogP contribution in [0.3, 0.4) is 0 Å². The quantitative estimate of drug-likeness (QED) is 0.163. The van der Waals surface area contributed by atoms with Crippen molar-refractivity contribution in [3.63, 3.8) is 0 Å². The van der Waals surface area contributed by atoms with Gasteiger partial charge in [-0.3, -0.25) is 0 Å². The summed E-state index contributed by atoms with van der Waals surface area (Å²) in [6.07, 6.45) is 0. The molecule has 0 unspecified atom stereocenters. The van der Waals surface area contributed by atoms with Gasteiger partial charge >= 0.3 is 17.1 Å². The van der Waals surface area contributed by atoms with Crippen LogP contribution in [-0.4, -0.2) is 29.9 Å². The van der Waals surface area contributed by atoms with Crippen LogP contribution in [0.25, 0.3) is 89.7 Å². The van der Waals surface area contributed by atoms with Crippen molar-refractivity contribution in [1.82, 2.24) is 39.9 Å². The molecule has 9 rings (SSSR count). The third kappa shape index (κ3) is 3.73. The molecule has 8 bridgehead atoms. The van der Waals surface area contributed by atoms with Gasteiger partial charge in [0.25, 0.3) is 0 Å². The van der Waals surface area contributed by atoms with Crippen LogP contribution in [0.2, 0.25) is 0 Å². The largest absolute Gasteiger partial charge is 2.00 e. The number of halogens is 1. The normalized spacial score (nSPS) is 11.7. The first kappa shape index (κ1) is 25.0. The summed E-state index contributed by atoms with van der Waals surface area (Å²) < 4.78 is 0.921. The van der Waals surface area contributed by atoms with Crippen LogP contribution in [-0.2, 0) is 17.1 Å². The van der Waals surface area contributed by atoms with Crippen molar-refractivity contribution in [2.75, 3.05) is 0 Å². The van der Waals surface area contributed by atoms with Gasteiger partial charge in [-0.15, -0.1) is 0 Å². The minimum absolute atomic E-state index is 0. The van der Waals surface area contributed by atoms with Crippen LogP contribution in [0.15, 0.2) is 95.5 Å². The predicted octanol–water partition coefficient (Wildman–Crippen LogP) is 6.89. The van der Waals surface area contributed by atoms with Crippen molar-refractivity contribution >= 4 is 60.1 Å². The molecule has 0 amide bonds. The molecule has 2 aliphatic rings. The van der Waals surface area contributed by atoms with E-state index in [9.17, 15) is 0 Å². The minimum Gasteiger partial charge on any atom is -0.357 e. The SMILES string of the molecule is Brc1ccc2c(c1)-c1nc-2nc2[n-]c(nc3nc(nc4[n-]c(n1)c1ccccc41)-c1ccccc1-3)c1ccccc21.[Cu+2]. The van der Waals surface area contributed by atoms with Gasteiger partial charge in [-0.1, -0.05) is 94.8 Å². The Hall–Kier alpha value is -4.76. The number of aromatic nitrogens is 8. The van der Waals surface area contributed by atoms with E-state index >= 15 is 0 Å². The second-order valence-electron chi connectivity index (χ2n) is 9.81. The molecule has 4 aromatic carbocycles. The number of benzene rings is 4. The first-order valence-corrected chi connectivity index (χ1v) is 13.8. The zero-order valence-corrected chi connectivity index (χ0v) is 23.9. The molecule has 7 aromatic rings. The molecule has 0 saturated heterocycles. The average molecular weight is 655 g/mol. The van der Waals surface area contributed by atoms with Crippen molar-refractivity contribution < 1.29 is 17.1 Å². The number of fused-ring (bicyclic) bond motifs is 20. The van der Waals surface area contributed by atoms with Crippen molar-refractivity contribution in [2.45, 2.75) is 0 Å². The van der Waals surface area contributed by atoms with E-state index in [0.717, 1.165) is 48.3 Å².